The molecule has 1 aromatic heterocycles. The molecular weight excluding hydrogens is 204 g/mol. The highest BCUT2D eigenvalue weighted by Crippen LogP contribution is 2.13. The van der Waals surface area contributed by atoms with E-state index in [0.717, 1.165) is 16.5 Å². The van der Waals surface area contributed by atoms with Crippen LogP contribution in [0.3, 0.4) is 0 Å². The summed E-state index contributed by atoms with van der Waals surface area (Å²) in [5.74, 6) is 0. The minimum absolute atomic E-state index is 0.690. The van der Waals surface area contributed by atoms with Gasteiger partial charge >= 0.3 is 6.03 Å². The van der Waals surface area contributed by atoms with Crippen molar-refractivity contribution in [3.63, 3.8) is 0 Å². The predicted molar refractivity (Wildman–Crippen MR) is 62.1 cm³/mol. The van der Waals surface area contributed by atoms with E-state index >= 15 is 0 Å². The second-order valence-electron chi connectivity index (χ2n) is 3.16. The Morgan fingerprint density at radius 2 is 2.19 bits per heavy atom. The monoisotopic (exact) mass is 214 g/mol. The summed E-state index contributed by atoms with van der Waals surface area (Å²) in [4.78, 5) is 14.7. The fraction of sp³-hybridized carbons (Fsp3) is 0. The van der Waals surface area contributed by atoms with Crippen molar-refractivity contribution in [2.45, 2.75) is 0 Å². The number of urea groups is 1. The lowest BCUT2D eigenvalue weighted by Gasteiger charge is -1.99. The molecule has 5 heteroatoms. The molecule has 0 radical (unpaired) electrons. The molecule has 0 atom stereocenters. The summed E-state index contributed by atoms with van der Waals surface area (Å²) < 4.78 is 0. The third-order valence-corrected chi connectivity index (χ3v) is 2.04. The summed E-state index contributed by atoms with van der Waals surface area (Å²) in [6.07, 6.45) is 3.22. The van der Waals surface area contributed by atoms with Crippen LogP contribution in [0.1, 0.15) is 5.56 Å². The first-order valence-corrected chi connectivity index (χ1v) is 4.69. The van der Waals surface area contributed by atoms with Gasteiger partial charge in [0.15, 0.2) is 0 Å². The number of primary amides is 1. The number of hydrazone groups is 1. The van der Waals surface area contributed by atoms with Crippen LogP contribution in [0.2, 0.25) is 0 Å². The number of carbonyl (C=O) groups is 1. The van der Waals surface area contributed by atoms with Gasteiger partial charge in [-0.1, -0.05) is 24.3 Å². The van der Waals surface area contributed by atoms with Gasteiger partial charge in [-0.15, -0.1) is 0 Å². The van der Waals surface area contributed by atoms with Crippen molar-refractivity contribution < 1.29 is 4.79 Å². The largest absolute Gasteiger partial charge is 0.350 e. The lowest BCUT2D eigenvalue weighted by atomic mass is 10.1. The Morgan fingerprint density at radius 3 is 3.00 bits per heavy atom. The Morgan fingerprint density at radius 1 is 1.38 bits per heavy atom. The number of hydrogen-bond acceptors (Lipinski definition) is 3. The Kier molecular flexibility index (Phi) is 2.77. The Labute approximate surface area is 92.0 Å². The van der Waals surface area contributed by atoms with E-state index < -0.39 is 6.03 Å². The van der Waals surface area contributed by atoms with E-state index in [0.29, 0.717) is 0 Å². The highest BCUT2D eigenvalue weighted by atomic mass is 16.2. The topological polar surface area (TPSA) is 80.4 Å². The van der Waals surface area contributed by atoms with E-state index in [1.54, 1.807) is 6.20 Å². The number of pyridine rings is 1. The number of amides is 2. The number of nitrogens with two attached hydrogens (primary N) is 1. The van der Waals surface area contributed by atoms with Crippen molar-refractivity contribution >= 4 is 23.1 Å². The van der Waals surface area contributed by atoms with Crippen LogP contribution in [0.5, 0.6) is 0 Å². The first-order chi connectivity index (χ1) is 7.77. The van der Waals surface area contributed by atoms with Gasteiger partial charge in [-0.05, 0) is 6.07 Å². The molecule has 0 unspecified atom stereocenters. The van der Waals surface area contributed by atoms with Gasteiger partial charge in [0.1, 0.15) is 0 Å². The standard InChI is InChI=1S/C11H10N4O/c12-11(16)15-14-7-9-4-1-3-8-5-2-6-13-10(8)9/h1-7H,(H3,12,15,16). The van der Waals surface area contributed by atoms with Crippen LogP contribution >= 0.6 is 0 Å². The number of carbonyl (C=O) groups excluding carboxylic acids is 1. The van der Waals surface area contributed by atoms with Crippen LogP contribution in [0, 0.1) is 0 Å². The maximum absolute atomic E-state index is 10.4. The van der Waals surface area contributed by atoms with Crippen molar-refractivity contribution in [2.75, 3.05) is 0 Å². The molecule has 3 N–H and O–H groups in total. The predicted octanol–water partition coefficient (Wildman–Crippen LogP) is 1.24. The van der Waals surface area contributed by atoms with Crippen molar-refractivity contribution in [2.24, 2.45) is 10.8 Å². The van der Waals surface area contributed by atoms with Gasteiger partial charge in [-0.3, -0.25) is 4.98 Å². The molecule has 2 rings (SSSR count). The third kappa shape index (κ3) is 2.14. The van der Waals surface area contributed by atoms with E-state index in [9.17, 15) is 4.79 Å². The smallest absolute Gasteiger partial charge is 0.332 e. The molecule has 2 amide bonds. The zero-order chi connectivity index (χ0) is 11.4. The zero-order valence-electron chi connectivity index (χ0n) is 8.42. The molecule has 0 aliphatic heterocycles. The normalized spacial score (nSPS) is 10.8. The maximum Gasteiger partial charge on any atom is 0.332 e. The van der Waals surface area contributed by atoms with Crippen molar-refractivity contribution in [1.82, 2.24) is 10.4 Å². The van der Waals surface area contributed by atoms with Crippen LogP contribution in [0.25, 0.3) is 10.9 Å². The lowest BCUT2D eigenvalue weighted by molar-refractivity contribution is 0.249. The molecule has 1 heterocycles. The first-order valence-electron chi connectivity index (χ1n) is 4.69. The number of nitrogens with zero attached hydrogens (tertiary/aromatic N) is 2. The lowest BCUT2D eigenvalue weighted by Crippen LogP contribution is -2.24. The van der Waals surface area contributed by atoms with E-state index in [4.69, 9.17) is 5.73 Å². The summed E-state index contributed by atoms with van der Waals surface area (Å²) in [6.45, 7) is 0. The van der Waals surface area contributed by atoms with Crippen LogP contribution in [0.4, 0.5) is 4.79 Å². The van der Waals surface area contributed by atoms with Crippen LogP contribution in [-0.2, 0) is 0 Å². The highest BCUT2D eigenvalue weighted by Gasteiger charge is 1.98. The summed E-state index contributed by atoms with van der Waals surface area (Å²) in [6, 6.07) is 8.86. The molecule has 80 valence electrons. The molecule has 0 bridgehead atoms. The summed E-state index contributed by atoms with van der Waals surface area (Å²) in [5, 5.41) is 4.72. The summed E-state index contributed by atoms with van der Waals surface area (Å²) >= 11 is 0. The first kappa shape index (κ1) is 10.1. The Bertz CT molecular complexity index is 545. The molecule has 0 fully saturated rings. The fourth-order valence-electron chi connectivity index (χ4n) is 1.40. The number of nitrogens with one attached hydrogen (secondary N) is 1. The van der Waals surface area contributed by atoms with Crippen LogP contribution < -0.4 is 11.2 Å². The van der Waals surface area contributed by atoms with Crippen molar-refractivity contribution in [3.8, 4) is 0 Å². The van der Waals surface area contributed by atoms with E-state index in [2.05, 4.69) is 15.5 Å². The van der Waals surface area contributed by atoms with Crippen LogP contribution in [0.15, 0.2) is 41.6 Å². The molecule has 0 spiro atoms. The Balaban J connectivity index is 2.37. The summed E-state index contributed by atoms with van der Waals surface area (Å²) in [5.41, 5.74) is 8.69. The molecule has 5 nitrogen and oxygen atoms in total. The molecule has 0 saturated carbocycles. The number of aromatic nitrogens is 1. The van der Waals surface area contributed by atoms with Crippen molar-refractivity contribution in [1.29, 1.82) is 0 Å². The minimum Gasteiger partial charge on any atom is -0.350 e. The number of benzene rings is 1. The van der Waals surface area contributed by atoms with Gasteiger partial charge in [0.05, 0.1) is 11.7 Å². The number of para-hydroxylation sites is 1. The number of hydrogen-bond donors (Lipinski definition) is 2. The van der Waals surface area contributed by atoms with Crippen LogP contribution in [-0.4, -0.2) is 17.2 Å². The quantitative estimate of drug-likeness (QED) is 0.582. The SMILES string of the molecule is NC(=O)NN=Cc1cccc2cccnc12. The van der Waals surface area contributed by atoms with E-state index in [1.807, 2.05) is 30.3 Å². The third-order valence-electron chi connectivity index (χ3n) is 2.04. The van der Waals surface area contributed by atoms with E-state index in [1.165, 1.54) is 6.21 Å². The number of rotatable bonds is 2. The fourth-order valence-corrected chi connectivity index (χ4v) is 1.40. The number of fused-ring (bicyclic) bond motifs is 1. The molecule has 2 aromatic rings. The summed E-state index contributed by atoms with van der Waals surface area (Å²) in [7, 11) is 0. The minimum atomic E-state index is -0.690. The van der Waals surface area contributed by atoms with E-state index in [-0.39, 0.29) is 0 Å². The second-order valence-corrected chi connectivity index (χ2v) is 3.16. The van der Waals surface area contributed by atoms with Gasteiger partial charge in [-0.2, -0.15) is 5.10 Å². The highest BCUT2D eigenvalue weighted by molar-refractivity contribution is 5.97. The molecule has 0 saturated heterocycles. The molecular formula is C11H10N4O. The Hall–Kier alpha value is -2.43. The van der Waals surface area contributed by atoms with Crippen molar-refractivity contribution in [3.05, 3.63) is 42.1 Å². The van der Waals surface area contributed by atoms with Gasteiger partial charge in [0.25, 0.3) is 0 Å². The molecule has 0 aliphatic rings. The zero-order valence-corrected chi connectivity index (χ0v) is 8.42. The molecule has 0 aliphatic carbocycles. The van der Waals surface area contributed by atoms with Gasteiger partial charge < -0.3 is 5.73 Å². The average Bonchev–Trinajstić information content (AvgIpc) is 2.29. The maximum atomic E-state index is 10.4. The molecule has 16 heavy (non-hydrogen) atoms. The second kappa shape index (κ2) is 4.39. The van der Waals surface area contributed by atoms with Gasteiger partial charge in [0.2, 0.25) is 0 Å². The molecule has 1 aromatic carbocycles. The van der Waals surface area contributed by atoms with Gasteiger partial charge in [0, 0.05) is 17.1 Å². The average molecular weight is 214 g/mol. The van der Waals surface area contributed by atoms with Gasteiger partial charge in [-0.25, -0.2) is 10.2 Å².